The molecule has 0 atom stereocenters. The number of hydrogen-bond donors (Lipinski definition) is 2. The van der Waals surface area contributed by atoms with E-state index in [1.165, 1.54) is 0 Å². The SMILES string of the molecule is C=CCNC(=NCc1ccc(COc2ccccc2)cc1)NCC. The van der Waals surface area contributed by atoms with E-state index in [1.807, 2.05) is 43.3 Å². The van der Waals surface area contributed by atoms with E-state index in [2.05, 4.69) is 46.5 Å². The van der Waals surface area contributed by atoms with Crippen LogP contribution in [0.5, 0.6) is 5.75 Å². The molecule has 0 spiro atoms. The Bertz CT molecular complexity index is 636. The lowest BCUT2D eigenvalue weighted by atomic mass is 10.1. The first-order valence-electron chi connectivity index (χ1n) is 8.20. The lowest BCUT2D eigenvalue weighted by molar-refractivity contribution is 0.306. The smallest absolute Gasteiger partial charge is 0.191 e. The second-order valence-corrected chi connectivity index (χ2v) is 5.28. The van der Waals surface area contributed by atoms with Gasteiger partial charge in [-0.1, -0.05) is 48.5 Å². The molecule has 0 saturated carbocycles. The summed E-state index contributed by atoms with van der Waals surface area (Å²) in [6, 6.07) is 18.2. The summed E-state index contributed by atoms with van der Waals surface area (Å²) in [5.41, 5.74) is 2.30. The lowest BCUT2D eigenvalue weighted by Gasteiger charge is -2.10. The Labute approximate surface area is 144 Å². The number of nitrogens with one attached hydrogen (secondary N) is 2. The van der Waals surface area contributed by atoms with Gasteiger partial charge in [-0.3, -0.25) is 0 Å². The summed E-state index contributed by atoms with van der Waals surface area (Å²) in [6.45, 7) is 8.48. The van der Waals surface area contributed by atoms with Crippen molar-refractivity contribution in [2.24, 2.45) is 4.99 Å². The lowest BCUT2D eigenvalue weighted by Crippen LogP contribution is -2.37. The van der Waals surface area contributed by atoms with Crippen LogP contribution in [0.4, 0.5) is 0 Å². The quantitative estimate of drug-likeness (QED) is 0.444. The second-order valence-electron chi connectivity index (χ2n) is 5.28. The summed E-state index contributed by atoms with van der Waals surface area (Å²) >= 11 is 0. The van der Waals surface area contributed by atoms with Crippen LogP contribution in [-0.4, -0.2) is 19.0 Å². The van der Waals surface area contributed by atoms with Crippen LogP contribution in [0.1, 0.15) is 18.1 Å². The molecular formula is C20H25N3O. The van der Waals surface area contributed by atoms with E-state index in [9.17, 15) is 0 Å². The van der Waals surface area contributed by atoms with Gasteiger partial charge in [0.15, 0.2) is 5.96 Å². The standard InChI is InChI=1S/C20H25N3O/c1-3-14-22-20(21-4-2)23-15-17-10-12-18(13-11-17)16-24-19-8-6-5-7-9-19/h3,5-13H,1,4,14-16H2,2H3,(H2,21,22,23). The van der Waals surface area contributed by atoms with Crippen LogP contribution in [0.25, 0.3) is 0 Å². The van der Waals surface area contributed by atoms with Gasteiger partial charge in [-0.25, -0.2) is 4.99 Å². The molecule has 0 bridgehead atoms. The van der Waals surface area contributed by atoms with Crippen molar-refractivity contribution in [1.29, 1.82) is 0 Å². The van der Waals surface area contributed by atoms with Gasteiger partial charge in [0.25, 0.3) is 0 Å². The minimum absolute atomic E-state index is 0.567. The van der Waals surface area contributed by atoms with Crippen molar-refractivity contribution in [2.45, 2.75) is 20.1 Å². The first kappa shape index (κ1) is 17.6. The van der Waals surface area contributed by atoms with Crippen LogP contribution >= 0.6 is 0 Å². The molecular weight excluding hydrogens is 298 g/mol. The average molecular weight is 323 g/mol. The summed E-state index contributed by atoms with van der Waals surface area (Å²) in [5, 5.41) is 6.40. The highest BCUT2D eigenvalue weighted by Gasteiger charge is 1.98. The van der Waals surface area contributed by atoms with E-state index in [1.54, 1.807) is 0 Å². The Hall–Kier alpha value is -2.75. The molecule has 0 unspecified atom stereocenters. The maximum absolute atomic E-state index is 5.75. The molecule has 0 radical (unpaired) electrons. The molecule has 0 aliphatic heterocycles. The van der Waals surface area contributed by atoms with Gasteiger partial charge in [0.2, 0.25) is 0 Å². The van der Waals surface area contributed by atoms with E-state index in [4.69, 9.17) is 4.74 Å². The van der Waals surface area contributed by atoms with Crippen molar-refractivity contribution in [1.82, 2.24) is 10.6 Å². The highest BCUT2D eigenvalue weighted by atomic mass is 16.5. The van der Waals surface area contributed by atoms with Crippen LogP contribution in [0.3, 0.4) is 0 Å². The molecule has 0 aromatic heterocycles. The summed E-state index contributed by atoms with van der Waals surface area (Å²) in [5.74, 6) is 1.68. The number of hydrogen-bond acceptors (Lipinski definition) is 2. The normalized spacial score (nSPS) is 11.0. The van der Waals surface area contributed by atoms with Crippen LogP contribution < -0.4 is 15.4 Å². The minimum Gasteiger partial charge on any atom is -0.489 e. The zero-order valence-corrected chi connectivity index (χ0v) is 14.2. The summed E-state index contributed by atoms with van der Waals surface area (Å²) in [6.07, 6.45) is 1.81. The van der Waals surface area contributed by atoms with E-state index in [-0.39, 0.29) is 0 Å². The Balaban J connectivity index is 1.87. The van der Waals surface area contributed by atoms with Crippen molar-refractivity contribution < 1.29 is 4.74 Å². The molecule has 0 heterocycles. The van der Waals surface area contributed by atoms with Crippen molar-refractivity contribution in [3.8, 4) is 5.75 Å². The summed E-state index contributed by atoms with van der Waals surface area (Å²) < 4.78 is 5.75. The van der Waals surface area contributed by atoms with E-state index in [0.717, 1.165) is 29.4 Å². The van der Waals surface area contributed by atoms with E-state index < -0.39 is 0 Å². The Kier molecular flexibility index (Phi) is 7.41. The Morgan fingerprint density at radius 1 is 1.04 bits per heavy atom. The van der Waals surface area contributed by atoms with Gasteiger partial charge >= 0.3 is 0 Å². The molecule has 0 fully saturated rings. The third kappa shape index (κ3) is 6.16. The largest absolute Gasteiger partial charge is 0.489 e. The fourth-order valence-corrected chi connectivity index (χ4v) is 2.11. The third-order valence-electron chi connectivity index (χ3n) is 3.35. The molecule has 2 aromatic rings. The molecule has 126 valence electrons. The number of benzene rings is 2. The van der Waals surface area contributed by atoms with Crippen LogP contribution in [0, 0.1) is 0 Å². The molecule has 2 aromatic carbocycles. The molecule has 4 nitrogen and oxygen atoms in total. The fraction of sp³-hybridized carbons (Fsp3) is 0.250. The summed E-state index contributed by atoms with van der Waals surface area (Å²) in [7, 11) is 0. The maximum Gasteiger partial charge on any atom is 0.191 e. The molecule has 2 rings (SSSR count). The molecule has 0 amide bonds. The van der Waals surface area contributed by atoms with Crippen LogP contribution in [0.15, 0.2) is 72.2 Å². The zero-order valence-electron chi connectivity index (χ0n) is 14.2. The average Bonchev–Trinajstić information content (AvgIpc) is 2.64. The fourth-order valence-electron chi connectivity index (χ4n) is 2.11. The van der Waals surface area contributed by atoms with Crippen molar-refractivity contribution in [3.63, 3.8) is 0 Å². The number of nitrogens with zero attached hydrogens (tertiary/aromatic N) is 1. The highest BCUT2D eigenvalue weighted by molar-refractivity contribution is 5.79. The van der Waals surface area contributed by atoms with Gasteiger partial charge in [0.1, 0.15) is 12.4 Å². The number of para-hydroxylation sites is 1. The van der Waals surface area contributed by atoms with Crippen LogP contribution in [0.2, 0.25) is 0 Å². The topological polar surface area (TPSA) is 45.7 Å². The predicted molar refractivity (Wildman–Crippen MR) is 100 cm³/mol. The third-order valence-corrected chi connectivity index (χ3v) is 3.35. The number of rotatable bonds is 8. The first-order chi connectivity index (χ1) is 11.8. The monoisotopic (exact) mass is 323 g/mol. The molecule has 0 saturated heterocycles. The van der Waals surface area contributed by atoms with E-state index >= 15 is 0 Å². The number of aliphatic imine (C=N–C) groups is 1. The first-order valence-corrected chi connectivity index (χ1v) is 8.20. The van der Waals surface area contributed by atoms with Gasteiger partial charge in [0, 0.05) is 13.1 Å². The maximum atomic E-state index is 5.75. The van der Waals surface area contributed by atoms with Crippen molar-refractivity contribution in [2.75, 3.05) is 13.1 Å². The van der Waals surface area contributed by atoms with Crippen molar-refractivity contribution in [3.05, 3.63) is 78.4 Å². The second kappa shape index (κ2) is 10.1. The highest BCUT2D eigenvalue weighted by Crippen LogP contribution is 2.12. The molecule has 0 aliphatic rings. The van der Waals surface area contributed by atoms with Crippen molar-refractivity contribution >= 4 is 5.96 Å². The molecule has 4 heteroatoms. The number of ether oxygens (including phenoxy) is 1. The molecule has 24 heavy (non-hydrogen) atoms. The Morgan fingerprint density at radius 3 is 2.42 bits per heavy atom. The zero-order chi connectivity index (χ0) is 17.0. The van der Waals surface area contributed by atoms with Crippen LogP contribution in [-0.2, 0) is 13.2 Å². The van der Waals surface area contributed by atoms with E-state index in [0.29, 0.717) is 19.7 Å². The molecule has 2 N–H and O–H groups in total. The minimum atomic E-state index is 0.567. The van der Waals surface area contributed by atoms with Gasteiger partial charge in [-0.15, -0.1) is 6.58 Å². The summed E-state index contributed by atoms with van der Waals surface area (Å²) in [4.78, 5) is 4.56. The van der Waals surface area contributed by atoms with Gasteiger partial charge in [-0.2, -0.15) is 0 Å². The van der Waals surface area contributed by atoms with Gasteiger partial charge in [-0.05, 0) is 30.2 Å². The molecule has 0 aliphatic carbocycles. The number of guanidine groups is 1. The van der Waals surface area contributed by atoms with Gasteiger partial charge in [0.05, 0.1) is 6.54 Å². The van der Waals surface area contributed by atoms with Gasteiger partial charge < -0.3 is 15.4 Å². The Morgan fingerprint density at radius 2 is 1.75 bits per heavy atom. The predicted octanol–water partition coefficient (Wildman–Crippen LogP) is 3.51.